The van der Waals surface area contributed by atoms with Crippen molar-refractivity contribution in [1.82, 2.24) is 5.01 Å². The smallest absolute Gasteiger partial charge is 0.274 e. The minimum atomic E-state index is -0.430. The molecule has 1 aliphatic rings. The van der Waals surface area contributed by atoms with Crippen molar-refractivity contribution in [3.05, 3.63) is 59.2 Å². The normalized spacial score (nSPS) is 15.1. The van der Waals surface area contributed by atoms with Crippen LogP contribution in [0.3, 0.4) is 0 Å². The minimum Gasteiger partial charge on any atom is -0.493 e. The molecule has 0 aliphatic carbocycles. The molecule has 0 radical (unpaired) electrons. The van der Waals surface area contributed by atoms with Gasteiger partial charge in [0.25, 0.3) is 5.91 Å². The third-order valence-corrected chi connectivity index (χ3v) is 4.80. The monoisotopic (exact) mass is 379 g/mol. The number of rotatable bonds is 6. The maximum Gasteiger partial charge on any atom is 0.274 e. The van der Waals surface area contributed by atoms with Crippen molar-refractivity contribution in [1.29, 1.82) is 0 Å². The molecular formula is C22H25N3O3. The molecule has 0 unspecified atom stereocenters. The summed E-state index contributed by atoms with van der Waals surface area (Å²) >= 11 is 0. The molecule has 0 atom stereocenters. The summed E-state index contributed by atoms with van der Waals surface area (Å²) in [6.45, 7) is 8.05. The number of methoxy groups -OCH3 is 2. The molecule has 1 heterocycles. The maximum atomic E-state index is 13.1. The highest BCUT2D eigenvalue weighted by Gasteiger charge is 2.39. The van der Waals surface area contributed by atoms with Crippen molar-refractivity contribution < 1.29 is 14.3 Å². The lowest BCUT2D eigenvalue weighted by atomic mass is 9.94. The molecule has 2 aromatic carbocycles. The fourth-order valence-corrected chi connectivity index (χ4v) is 3.28. The largest absolute Gasteiger partial charge is 0.493 e. The Balaban J connectivity index is 1.90. The van der Waals surface area contributed by atoms with E-state index >= 15 is 0 Å². The summed E-state index contributed by atoms with van der Waals surface area (Å²) in [6, 6.07) is 13.1. The molecule has 0 bridgehead atoms. The van der Waals surface area contributed by atoms with Crippen LogP contribution in [-0.4, -0.2) is 43.1 Å². The van der Waals surface area contributed by atoms with E-state index in [0.29, 0.717) is 30.0 Å². The van der Waals surface area contributed by atoms with E-state index in [0.717, 1.165) is 16.8 Å². The molecule has 1 amide bonds. The van der Waals surface area contributed by atoms with Crippen LogP contribution in [-0.2, 0) is 6.54 Å². The molecule has 6 nitrogen and oxygen atoms in total. The Morgan fingerprint density at radius 1 is 1.14 bits per heavy atom. The predicted octanol–water partition coefficient (Wildman–Crippen LogP) is 3.93. The lowest BCUT2D eigenvalue weighted by molar-refractivity contribution is 0.0612. The van der Waals surface area contributed by atoms with Crippen molar-refractivity contribution in [3.8, 4) is 11.5 Å². The number of carbonyl (C=O) groups excluding carboxylic acids is 1. The SMILES string of the molecule is C=NCc1ccc(C(=O)N2N=C(c3ccc(OC)c(OC)c3)CC2(C)C)cc1. The lowest BCUT2D eigenvalue weighted by Gasteiger charge is -2.28. The summed E-state index contributed by atoms with van der Waals surface area (Å²) in [4.78, 5) is 16.9. The number of hydrogen-bond acceptors (Lipinski definition) is 5. The van der Waals surface area contributed by atoms with Crippen molar-refractivity contribution >= 4 is 18.3 Å². The van der Waals surface area contributed by atoms with Crippen molar-refractivity contribution in [2.24, 2.45) is 10.1 Å². The van der Waals surface area contributed by atoms with Crippen LogP contribution in [0.4, 0.5) is 0 Å². The average Bonchev–Trinajstić information content (AvgIpc) is 3.03. The first-order valence-corrected chi connectivity index (χ1v) is 9.05. The van der Waals surface area contributed by atoms with Gasteiger partial charge in [0, 0.05) is 17.5 Å². The van der Waals surface area contributed by atoms with Gasteiger partial charge in [0.15, 0.2) is 11.5 Å². The number of carbonyl (C=O) groups is 1. The Morgan fingerprint density at radius 3 is 2.43 bits per heavy atom. The summed E-state index contributed by atoms with van der Waals surface area (Å²) in [5, 5.41) is 6.22. The van der Waals surface area contributed by atoms with Gasteiger partial charge < -0.3 is 9.47 Å². The highest BCUT2D eigenvalue weighted by atomic mass is 16.5. The van der Waals surface area contributed by atoms with Gasteiger partial charge in [-0.15, -0.1) is 0 Å². The molecule has 0 saturated heterocycles. The number of hydrazone groups is 1. The van der Waals surface area contributed by atoms with Gasteiger partial charge >= 0.3 is 0 Å². The van der Waals surface area contributed by atoms with Crippen LogP contribution < -0.4 is 9.47 Å². The molecule has 0 saturated carbocycles. The van der Waals surface area contributed by atoms with Crippen LogP contribution in [0, 0.1) is 0 Å². The fraction of sp³-hybridized carbons (Fsp3) is 0.318. The molecule has 0 N–H and O–H groups in total. The number of amides is 1. The van der Waals surface area contributed by atoms with Crippen molar-refractivity contribution in [3.63, 3.8) is 0 Å². The molecular weight excluding hydrogens is 354 g/mol. The first-order valence-electron chi connectivity index (χ1n) is 9.05. The van der Waals surface area contributed by atoms with Crippen molar-refractivity contribution in [2.75, 3.05) is 14.2 Å². The minimum absolute atomic E-state index is 0.126. The van der Waals surface area contributed by atoms with E-state index in [2.05, 4.69) is 16.8 Å². The molecule has 2 aromatic rings. The number of hydrogen-bond donors (Lipinski definition) is 0. The quantitative estimate of drug-likeness (QED) is 0.714. The standard InChI is InChI=1S/C22H25N3O3/c1-22(2)13-18(17-10-11-19(27-4)20(12-17)28-5)24-25(22)21(26)16-8-6-15(7-9-16)14-23-3/h6-12H,3,13-14H2,1-2,4-5H3. The first-order chi connectivity index (χ1) is 13.4. The fourth-order valence-electron chi connectivity index (χ4n) is 3.28. The summed E-state index contributed by atoms with van der Waals surface area (Å²) in [5.41, 5.74) is 2.93. The second kappa shape index (κ2) is 7.84. The van der Waals surface area contributed by atoms with Gasteiger partial charge in [-0.3, -0.25) is 9.79 Å². The van der Waals surface area contributed by atoms with Gasteiger partial charge in [0.05, 0.1) is 32.0 Å². The van der Waals surface area contributed by atoms with Gasteiger partial charge in [0.1, 0.15) is 0 Å². The number of ether oxygens (including phenoxy) is 2. The predicted molar refractivity (Wildman–Crippen MR) is 111 cm³/mol. The zero-order valence-electron chi connectivity index (χ0n) is 16.7. The number of nitrogens with zero attached hydrogens (tertiary/aromatic N) is 3. The third kappa shape index (κ3) is 3.76. The summed E-state index contributed by atoms with van der Waals surface area (Å²) in [6.07, 6.45) is 0.646. The Morgan fingerprint density at radius 2 is 1.82 bits per heavy atom. The van der Waals surface area contributed by atoms with Gasteiger partial charge in [-0.25, -0.2) is 5.01 Å². The Labute approximate surface area is 165 Å². The third-order valence-electron chi connectivity index (χ3n) is 4.80. The molecule has 0 fully saturated rings. The van der Waals surface area contributed by atoms with Gasteiger partial charge in [-0.2, -0.15) is 5.10 Å². The first kappa shape index (κ1) is 19.6. The summed E-state index contributed by atoms with van der Waals surface area (Å²) < 4.78 is 10.7. The number of benzene rings is 2. The zero-order chi connectivity index (χ0) is 20.3. The van der Waals surface area contributed by atoms with Crippen LogP contribution in [0.15, 0.2) is 52.6 Å². The molecule has 146 valence electrons. The van der Waals surface area contributed by atoms with Crippen LogP contribution in [0.1, 0.15) is 41.8 Å². The van der Waals surface area contributed by atoms with Gasteiger partial charge in [-0.1, -0.05) is 12.1 Å². The number of aliphatic imine (C=N–C) groups is 1. The van der Waals surface area contributed by atoms with Crippen molar-refractivity contribution in [2.45, 2.75) is 32.4 Å². The molecule has 3 rings (SSSR count). The lowest BCUT2D eigenvalue weighted by Crippen LogP contribution is -2.40. The van der Waals surface area contributed by atoms with E-state index in [-0.39, 0.29) is 5.91 Å². The van der Waals surface area contributed by atoms with E-state index < -0.39 is 5.54 Å². The Bertz CT molecular complexity index is 917. The van der Waals surface area contributed by atoms with E-state index in [1.807, 2.05) is 56.3 Å². The maximum absolute atomic E-state index is 13.1. The highest BCUT2D eigenvalue weighted by molar-refractivity contribution is 6.05. The van der Waals surface area contributed by atoms with Crippen LogP contribution in [0.5, 0.6) is 11.5 Å². The summed E-state index contributed by atoms with van der Waals surface area (Å²) in [5.74, 6) is 1.17. The van der Waals surface area contributed by atoms with E-state index in [4.69, 9.17) is 9.47 Å². The second-order valence-corrected chi connectivity index (χ2v) is 7.30. The topological polar surface area (TPSA) is 63.5 Å². The van der Waals surface area contributed by atoms with E-state index in [1.165, 1.54) is 0 Å². The second-order valence-electron chi connectivity index (χ2n) is 7.30. The summed E-state index contributed by atoms with van der Waals surface area (Å²) in [7, 11) is 3.20. The Kier molecular flexibility index (Phi) is 5.49. The molecule has 1 aliphatic heterocycles. The van der Waals surface area contributed by atoms with Crippen LogP contribution >= 0.6 is 0 Å². The van der Waals surface area contributed by atoms with E-state index in [9.17, 15) is 4.79 Å². The molecule has 28 heavy (non-hydrogen) atoms. The highest BCUT2D eigenvalue weighted by Crippen LogP contribution is 2.34. The Hall–Kier alpha value is -3.15. The molecule has 6 heteroatoms. The average molecular weight is 379 g/mol. The van der Waals surface area contributed by atoms with E-state index in [1.54, 1.807) is 19.2 Å². The van der Waals surface area contributed by atoms with Crippen LogP contribution in [0.2, 0.25) is 0 Å². The molecule has 0 aromatic heterocycles. The zero-order valence-corrected chi connectivity index (χ0v) is 16.7. The van der Waals surface area contributed by atoms with Gasteiger partial charge in [0.2, 0.25) is 0 Å². The van der Waals surface area contributed by atoms with Crippen LogP contribution in [0.25, 0.3) is 0 Å². The molecule has 0 spiro atoms. The van der Waals surface area contributed by atoms with Gasteiger partial charge in [-0.05, 0) is 56.5 Å².